The van der Waals surface area contributed by atoms with Gasteiger partial charge in [-0.25, -0.2) is 4.79 Å². The summed E-state index contributed by atoms with van der Waals surface area (Å²) in [5, 5.41) is 11.8. The van der Waals surface area contributed by atoms with Crippen LogP contribution in [-0.4, -0.2) is 63.8 Å². The lowest BCUT2D eigenvalue weighted by atomic mass is 10.1. The van der Waals surface area contributed by atoms with Crippen LogP contribution in [0, 0.1) is 11.8 Å². The van der Waals surface area contributed by atoms with Crippen molar-refractivity contribution in [2.75, 3.05) is 18.8 Å². The first-order chi connectivity index (χ1) is 12.7. The fourth-order valence-corrected chi connectivity index (χ4v) is 3.77. The van der Waals surface area contributed by atoms with Gasteiger partial charge in [-0.2, -0.15) is 0 Å². The van der Waals surface area contributed by atoms with Crippen LogP contribution in [0.4, 0.5) is 0 Å². The zero-order chi connectivity index (χ0) is 20.6. The van der Waals surface area contributed by atoms with E-state index in [4.69, 9.17) is 5.73 Å². The van der Waals surface area contributed by atoms with Crippen molar-refractivity contribution in [2.45, 2.75) is 58.5 Å². The Morgan fingerprint density at radius 1 is 1.26 bits per heavy atom. The lowest BCUT2D eigenvalue weighted by Crippen LogP contribution is -2.52. The van der Waals surface area contributed by atoms with Gasteiger partial charge in [0.25, 0.3) is 0 Å². The van der Waals surface area contributed by atoms with Gasteiger partial charge in [-0.15, -0.1) is 0 Å². The van der Waals surface area contributed by atoms with Gasteiger partial charge in [0, 0.05) is 24.1 Å². The molecule has 8 nitrogen and oxygen atoms in total. The summed E-state index contributed by atoms with van der Waals surface area (Å²) in [5.41, 5.74) is 5.41. The van der Waals surface area contributed by atoms with Gasteiger partial charge in [-0.3, -0.25) is 14.4 Å². The maximum atomic E-state index is 12.7. The average molecular weight is 402 g/mol. The molecule has 1 aliphatic heterocycles. The number of thioether (sulfide) groups is 1. The minimum Gasteiger partial charge on any atom is -0.480 e. The minimum absolute atomic E-state index is 0.0366. The molecule has 0 aliphatic carbocycles. The maximum absolute atomic E-state index is 12.7. The van der Waals surface area contributed by atoms with Gasteiger partial charge in [-0.05, 0) is 32.2 Å². The number of likely N-dealkylation sites (tertiary alicyclic amines) is 1. The first-order valence-electron chi connectivity index (χ1n) is 9.39. The number of carbonyl (C=O) groups excluding carboxylic acids is 3. The van der Waals surface area contributed by atoms with Crippen LogP contribution in [0.5, 0.6) is 0 Å². The number of amides is 2. The summed E-state index contributed by atoms with van der Waals surface area (Å²) < 4.78 is 0. The summed E-state index contributed by atoms with van der Waals surface area (Å²) in [6.07, 6.45) is 1.94. The third-order valence-electron chi connectivity index (χ3n) is 4.52. The zero-order valence-electron chi connectivity index (χ0n) is 16.3. The number of nitrogens with two attached hydrogens (primary N) is 1. The van der Waals surface area contributed by atoms with E-state index in [1.807, 2.05) is 13.8 Å². The molecule has 1 heterocycles. The molecule has 3 atom stereocenters. The molecular weight excluding hydrogens is 370 g/mol. The lowest BCUT2D eigenvalue weighted by Gasteiger charge is -2.27. The average Bonchev–Trinajstić information content (AvgIpc) is 3.11. The zero-order valence-corrected chi connectivity index (χ0v) is 17.1. The van der Waals surface area contributed by atoms with E-state index in [1.54, 1.807) is 6.92 Å². The molecule has 1 rings (SSSR count). The Labute approximate surface area is 164 Å². The van der Waals surface area contributed by atoms with Crippen LogP contribution in [0.3, 0.4) is 0 Å². The third kappa shape index (κ3) is 7.14. The van der Waals surface area contributed by atoms with Gasteiger partial charge in [0.1, 0.15) is 12.1 Å². The molecule has 154 valence electrons. The van der Waals surface area contributed by atoms with Crippen molar-refractivity contribution in [1.82, 2.24) is 10.2 Å². The summed E-state index contributed by atoms with van der Waals surface area (Å²) in [6, 6.07) is -1.67. The Hall–Kier alpha value is -1.61. The molecular formula is C18H31N3O5S. The standard InChI is InChI=1S/C18H31N3O5S/c1-11(2)18(26)27-10-12(3)16(23)21-9-5-7-14(21)15(22)20-13(17(24)25)6-4-8-19/h11-14H,4-10,19H2,1-3H3,(H,20,22)(H,24,25)/t12?,13-,14-/m0/s1. The van der Waals surface area contributed by atoms with E-state index in [0.29, 0.717) is 38.1 Å². The fraction of sp³-hybridized carbons (Fsp3) is 0.778. The minimum atomic E-state index is -1.11. The first kappa shape index (κ1) is 23.4. The van der Waals surface area contributed by atoms with E-state index >= 15 is 0 Å². The molecule has 4 N–H and O–H groups in total. The molecule has 1 aliphatic rings. The van der Waals surface area contributed by atoms with Crippen LogP contribution in [0.15, 0.2) is 0 Å². The van der Waals surface area contributed by atoms with Crippen molar-refractivity contribution in [3.8, 4) is 0 Å². The van der Waals surface area contributed by atoms with E-state index in [1.165, 1.54) is 4.90 Å². The van der Waals surface area contributed by atoms with Crippen LogP contribution in [0.2, 0.25) is 0 Å². The predicted molar refractivity (Wildman–Crippen MR) is 104 cm³/mol. The number of carbonyl (C=O) groups is 4. The van der Waals surface area contributed by atoms with Crippen LogP contribution in [-0.2, 0) is 19.2 Å². The first-order valence-corrected chi connectivity index (χ1v) is 10.4. The predicted octanol–water partition coefficient (Wildman–Crippen LogP) is 0.838. The van der Waals surface area contributed by atoms with Gasteiger partial charge in [0.15, 0.2) is 5.12 Å². The number of hydrogen-bond acceptors (Lipinski definition) is 6. The molecule has 1 fully saturated rings. The second-order valence-electron chi connectivity index (χ2n) is 7.21. The largest absolute Gasteiger partial charge is 0.480 e. The fourth-order valence-electron chi connectivity index (χ4n) is 2.88. The second-order valence-corrected chi connectivity index (χ2v) is 8.23. The SMILES string of the molecule is CC(C)C(=O)SCC(C)C(=O)N1CCC[C@H]1C(=O)N[C@@H](CCCN)C(=O)O. The van der Waals surface area contributed by atoms with E-state index in [0.717, 1.165) is 11.8 Å². The highest BCUT2D eigenvalue weighted by Crippen LogP contribution is 2.23. The van der Waals surface area contributed by atoms with Crippen molar-refractivity contribution in [3.63, 3.8) is 0 Å². The van der Waals surface area contributed by atoms with Crippen molar-refractivity contribution in [2.24, 2.45) is 17.6 Å². The Balaban J connectivity index is 2.67. The van der Waals surface area contributed by atoms with Gasteiger partial charge in [0.2, 0.25) is 11.8 Å². The normalized spacial score (nSPS) is 19.0. The van der Waals surface area contributed by atoms with E-state index < -0.39 is 29.9 Å². The Bertz CT molecular complexity index is 555. The topological polar surface area (TPSA) is 130 Å². The molecule has 9 heteroatoms. The molecule has 0 aromatic heterocycles. The maximum Gasteiger partial charge on any atom is 0.326 e. The smallest absolute Gasteiger partial charge is 0.326 e. The summed E-state index contributed by atoms with van der Waals surface area (Å²) in [7, 11) is 0. The highest BCUT2D eigenvalue weighted by Gasteiger charge is 2.37. The molecule has 0 saturated carbocycles. The molecule has 27 heavy (non-hydrogen) atoms. The van der Waals surface area contributed by atoms with Crippen molar-refractivity contribution < 1.29 is 24.3 Å². The van der Waals surface area contributed by atoms with Crippen molar-refractivity contribution >= 4 is 34.7 Å². The molecule has 0 bridgehead atoms. The third-order valence-corrected chi connectivity index (χ3v) is 5.94. The number of aliphatic carboxylic acids is 1. The van der Waals surface area contributed by atoms with Crippen LogP contribution < -0.4 is 11.1 Å². The number of hydrogen-bond donors (Lipinski definition) is 3. The van der Waals surface area contributed by atoms with Crippen LogP contribution in [0.1, 0.15) is 46.5 Å². The number of rotatable bonds is 10. The lowest BCUT2D eigenvalue weighted by molar-refractivity contribution is -0.144. The Kier molecular flexibility index (Phi) is 9.79. The van der Waals surface area contributed by atoms with Gasteiger partial charge >= 0.3 is 5.97 Å². The Morgan fingerprint density at radius 2 is 1.93 bits per heavy atom. The molecule has 0 aromatic rings. The van der Waals surface area contributed by atoms with Gasteiger partial charge in [0.05, 0.1) is 0 Å². The molecule has 0 aromatic carbocycles. The van der Waals surface area contributed by atoms with Gasteiger partial charge < -0.3 is 21.1 Å². The molecule has 1 saturated heterocycles. The van der Waals surface area contributed by atoms with E-state index in [-0.39, 0.29) is 23.4 Å². The van der Waals surface area contributed by atoms with E-state index in [9.17, 15) is 24.3 Å². The molecule has 0 radical (unpaired) electrons. The highest BCUT2D eigenvalue weighted by molar-refractivity contribution is 8.13. The summed E-state index contributed by atoms with van der Waals surface area (Å²) in [6.45, 7) is 6.18. The van der Waals surface area contributed by atoms with Crippen molar-refractivity contribution in [1.29, 1.82) is 0 Å². The summed E-state index contributed by atoms with van der Waals surface area (Å²) >= 11 is 1.14. The van der Waals surface area contributed by atoms with Gasteiger partial charge in [-0.1, -0.05) is 32.5 Å². The quantitative estimate of drug-likeness (QED) is 0.494. The van der Waals surface area contributed by atoms with Crippen molar-refractivity contribution in [3.05, 3.63) is 0 Å². The number of carboxylic acid groups (broad SMARTS) is 1. The molecule has 1 unspecified atom stereocenters. The number of carboxylic acids is 1. The summed E-state index contributed by atoms with van der Waals surface area (Å²) in [5.74, 6) is -1.84. The second kappa shape index (κ2) is 11.3. The van der Waals surface area contributed by atoms with E-state index in [2.05, 4.69) is 5.32 Å². The highest BCUT2D eigenvalue weighted by atomic mass is 32.2. The number of nitrogens with one attached hydrogen (secondary N) is 1. The monoisotopic (exact) mass is 401 g/mol. The molecule has 0 spiro atoms. The van der Waals surface area contributed by atoms with Crippen LogP contribution >= 0.6 is 11.8 Å². The summed E-state index contributed by atoms with van der Waals surface area (Å²) in [4.78, 5) is 49.9. The Morgan fingerprint density at radius 3 is 2.48 bits per heavy atom. The number of nitrogens with zero attached hydrogens (tertiary/aromatic N) is 1. The van der Waals surface area contributed by atoms with Crippen LogP contribution in [0.25, 0.3) is 0 Å². The molecule has 2 amide bonds.